The van der Waals surface area contributed by atoms with Crippen molar-refractivity contribution in [2.45, 2.75) is 6.42 Å². The number of benzene rings is 2. The fourth-order valence-electron chi connectivity index (χ4n) is 2.00. The normalized spacial score (nSPS) is 11.7. The quantitative estimate of drug-likeness (QED) is 0.559. The van der Waals surface area contributed by atoms with E-state index in [-0.39, 0.29) is 0 Å². The number of fused-ring (bicyclic) bond motifs is 3. The van der Waals surface area contributed by atoms with E-state index < -0.39 is 0 Å². The minimum absolute atomic E-state index is 0.852. The highest BCUT2D eigenvalue weighted by molar-refractivity contribution is 5.75. The molecule has 0 radical (unpaired) electrons. The first-order valence-corrected chi connectivity index (χ1v) is 5.11. The van der Waals surface area contributed by atoms with Crippen molar-refractivity contribution in [2.24, 2.45) is 0 Å². The van der Waals surface area contributed by atoms with Crippen LogP contribution in [0.15, 0.2) is 48.5 Å². The second-order valence-electron chi connectivity index (χ2n) is 3.68. The predicted molar refractivity (Wildman–Crippen MR) is 62.5 cm³/mol. The van der Waals surface area contributed by atoms with Crippen LogP contribution in [0.1, 0.15) is 11.1 Å². The van der Waals surface area contributed by atoms with Gasteiger partial charge in [0.15, 0.2) is 0 Å². The van der Waals surface area contributed by atoms with Gasteiger partial charge in [-0.3, -0.25) is 0 Å². The van der Waals surface area contributed by atoms with E-state index in [1.54, 1.807) is 0 Å². The summed E-state index contributed by atoms with van der Waals surface area (Å²) in [7, 11) is 0. The average Bonchev–Trinajstić information content (AvgIpc) is 2.48. The summed E-state index contributed by atoms with van der Waals surface area (Å²) < 4.78 is 0. The van der Waals surface area contributed by atoms with Crippen LogP contribution < -0.4 is 0 Å². The van der Waals surface area contributed by atoms with Crippen molar-refractivity contribution in [3.63, 3.8) is 0 Å². The highest BCUT2D eigenvalue weighted by Gasteiger charge is 2.08. The molecule has 3 rings (SSSR count). The van der Waals surface area contributed by atoms with Gasteiger partial charge in [0.05, 0.1) is 0 Å². The van der Waals surface area contributed by atoms with E-state index in [1.165, 1.54) is 16.7 Å². The summed E-state index contributed by atoms with van der Waals surface area (Å²) in [6.45, 7) is 0. The molecule has 0 fully saturated rings. The molecule has 0 bridgehead atoms. The molecule has 0 N–H and O–H groups in total. The van der Waals surface area contributed by atoms with Crippen molar-refractivity contribution in [2.75, 3.05) is 0 Å². The molecule has 1 aliphatic carbocycles. The van der Waals surface area contributed by atoms with Crippen LogP contribution in [0, 0.1) is 11.8 Å². The monoisotopic (exact) mass is 190 g/mol. The van der Waals surface area contributed by atoms with Crippen molar-refractivity contribution in [1.82, 2.24) is 0 Å². The zero-order valence-electron chi connectivity index (χ0n) is 8.33. The molecule has 2 aromatic rings. The van der Waals surface area contributed by atoms with Crippen LogP contribution in [-0.2, 0) is 6.42 Å². The summed E-state index contributed by atoms with van der Waals surface area (Å²) in [5.74, 6) is 6.43. The second kappa shape index (κ2) is 3.29. The molecule has 0 saturated heterocycles. The van der Waals surface area contributed by atoms with Gasteiger partial charge in [-0.1, -0.05) is 54.3 Å². The zero-order valence-corrected chi connectivity index (χ0v) is 8.33. The lowest BCUT2D eigenvalue weighted by Gasteiger charge is -2.07. The van der Waals surface area contributed by atoms with E-state index in [4.69, 9.17) is 0 Å². The van der Waals surface area contributed by atoms with Crippen LogP contribution in [0.5, 0.6) is 0 Å². The highest BCUT2D eigenvalue weighted by atomic mass is 14.1. The fourth-order valence-corrected chi connectivity index (χ4v) is 2.00. The van der Waals surface area contributed by atoms with Crippen molar-refractivity contribution < 1.29 is 0 Å². The summed E-state index contributed by atoms with van der Waals surface area (Å²) in [5, 5.41) is 0. The molecule has 0 nitrogen and oxygen atoms in total. The predicted octanol–water partition coefficient (Wildman–Crippen LogP) is 3.26. The third-order valence-corrected chi connectivity index (χ3v) is 2.74. The molecule has 1 aliphatic rings. The third kappa shape index (κ3) is 1.33. The van der Waals surface area contributed by atoms with Crippen LogP contribution in [0.3, 0.4) is 0 Å². The largest absolute Gasteiger partial charge is 0.0931 e. The molecule has 0 heteroatoms. The first kappa shape index (κ1) is 8.32. The van der Waals surface area contributed by atoms with Crippen molar-refractivity contribution in [3.8, 4) is 23.0 Å². The van der Waals surface area contributed by atoms with Crippen molar-refractivity contribution in [3.05, 3.63) is 59.7 Å². The summed E-state index contributed by atoms with van der Waals surface area (Å²) in [6.07, 6.45) is 0.852. The van der Waals surface area contributed by atoms with E-state index in [0.29, 0.717) is 0 Å². The van der Waals surface area contributed by atoms with Gasteiger partial charge < -0.3 is 0 Å². The van der Waals surface area contributed by atoms with Gasteiger partial charge in [0.1, 0.15) is 0 Å². The maximum absolute atomic E-state index is 3.22. The third-order valence-electron chi connectivity index (χ3n) is 2.74. The summed E-state index contributed by atoms with van der Waals surface area (Å²) in [4.78, 5) is 0. The Morgan fingerprint density at radius 2 is 1.53 bits per heavy atom. The highest BCUT2D eigenvalue weighted by Crippen LogP contribution is 2.28. The molecule has 0 spiro atoms. The maximum atomic E-state index is 3.22. The Hall–Kier alpha value is -2.00. The van der Waals surface area contributed by atoms with Gasteiger partial charge in [-0.15, -0.1) is 0 Å². The molecule has 15 heavy (non-hydrogen) atoms. The first-order valence-electron chi connectivity index (χ1n) is 5.11. The second-order valence-corrected chi connectivity index (χ2v) is 3.68. The van der Waals surface area contributed by atoms with Crippen LogP contribution in [0.4, 0.5) is 0 Å². The lowest BCUT2D eigenvalue weighted by atomic mass is 9.96. The van der Waals surface area contributed by atoms with Crippen LogP contribution in [0.25, 0.3) is 11.1 Å². The Morgan fingerprint density at radius 1 is 0.800 bits per heavy atom. The van der Waals surface area contributed by atoms with Gasteiger partial charge in [-0.25, -0.2) is 0 Å². The smallest absolute Gasteiger partial charge is 0.0350 e. The van der Waals surface area contributed by atoms with Gasteiger partial charge >= 0.3 is 0 Å². The standard InChI is InChI=1S/C15H10/c1-3-10-14-12(6-1)8-5-9-13-7-2-4-11-15(13)14/h1-4,6-7,10-11H,8H2. The van der Waals surface area contributed by atoms with E-state index in [9.17, 15) is 0 Å². The van der Waals surface area contributed by atoms with E-state index in [1.807, 2.05) is 6.07 Å². The van der Waals surface area contributed by atoms with E-state index in [2.05, 4.69) is 54.3 Å². The van der Waals surface area contributed by atoms with Crippen molar-refractivity contribution in [1.29, 1.82) is 0 Å². The molecule has 70 valence electrons. The van der Waals surface area contributed by atoms with Gasteiger partial charge in [-0.05, 0) is 22.8 Å². The Kier molecular flexibility index (Phi) is 1.83. The molecule has 0 amide bonds. The lowest BCUT2D eigenvalue weighted by Crippen LogP contribution is -1.87. The fraction of sp³-hybridized carbons (Fsp3) is 0.0667. The lowest BCUT2D eigenvalue weighted by molar-refractivity contribution is 1.33. The zero-order chi connectivity index (χ0) is 10.1. The van der Waals surface area contributed by atoms with Crippen LogP contribution in [-0.4, -0.2) is 0 Å². The van der Waals surface area contributed by atoms with Gasteiger partial charge in [0.2, 0.25) is 0 Å². The summed E-state index contributed by atoms with van der Waals surface area (Å²) >= 11 is 0. The Bertz CT molecular complexity index is 568. The topological polar surface area (TPSA) is 0 Å². The minimum atomic E-state index is 0.852. The number of hydrogen-bond acceptors (Lipinski definition) is 0. The van der Waals surface area contributed by atoms with Crippen LogP contribution in [0.2, 0.25) is 0 Å². The Balaban J connectivity index is 2.35. The van der Waals surface area contributed by atoms with Gasteiger partial charge in [-0.2, -0.15) is 0 Å². The summed E-state index contributed by atoms with van der Waals surface area (Å²) in [6, 6.07) is 16.8. The van der Waals surface area contributed by atoms with Crippen molar-refractivity contribution >= 4 is 0 Å². The van der Waals surface area contributed by atoms with E-state index in [0.717, 1.165) is 12.0 Å². The molecule has 0 aromatic heterocycles. The molecule has 0 atom stereocenters. The maximum Gasteiger partial charge on any atom is 0.0350 e. The molecule has 0 saturated carbocycles. The first-order chi connectivity index (χ1) is 7.45. The summed E-state index contributed by atoms with van der Waals surface area (Å²) in [5.41, 5.74) is 5.04. The number of hydrogen-bond donors (Lipinski definition) is 0. The Labute approximate surface area is 89.6 Å². The Morgan fingerprint density at radius 3 is 2.47 bits per heavy atom. The van der Waals surface area contributed by atoms with Gasteiger partial charge in [0, 0.05) is 12.0 Å². The van der Waals surface area contributed by atoms with E-state index >= 15 is 0 Å². The molecular weight excluding hydrogens is 180 g/mol. The minimum Gasteiger partial charge on any atom is -0.0931 e. The number of rotatable bonds is 0. The molecular formula is C15H10. The molecule has 0 heterocycles. The molecule has 0 unspecified atom stereocenters. The van der Waals surface area contributed by atoms with Crippen LogP contribution >= 0.6 is 0 Å². The molecule has 0 aliphatic heterocycles. The molecule has 2 aromatic carbocycles. The SMILES string of the molecule is C1#Cc2ccccc2-c2ccccc2C1. The average molecular weight is 190 g/mol. The van der Waals surface area contributed by atoms with Gasteiger partial charge in [0.25, 0.3) is 0 Å².